The van der Waals surface area contributed by atoms with E-state index in [1.807, 2.05) is 12.1 Å². The van der Waals surface area contributed by atoms with E-state index in [0.717, 1.165) is 57.9 Å². The van der Waals surface area contributed by atoms with Crippen molar-refractivity contribution in [2.45, 2.75) is 26.7 Å². The molecule has 0 radical (unpaired) electrons. The lowest BCUT2D eigenvalue weighted by molar-refractivity contribution is 0.595. The molecule has 2 aromatic rings. The number of hydrogen-bond donors (Lipinski definition) is 0. The molecule has 26 heavy (non-hydrogen) atoms. The second-order valence-electron chi connectivity index (χ2n) is 6.53. The average Bonchev–Trinajstić information content (AvgIpc) is 2.68. The van der Waals surface area contributed by atoms with Crippen LogP contribution < -0.4 is 14.7 Å². The van der Waals surface area contributed by atoms with Crippen molar-refractivity contribution in [3.8, 4) is 0 Å². The highest BCUT2D eigenvalue weighted by molar-refractivity contribution is 5.50. The number of anilines is 3. The van der Waals surface area contributed by atoms with Crippen molar-refractivity contribution in [2.24, 2.45) is 0 Å². The van der Waals surface area contributed by atoms with Crippen LogP contribution in [0.3, 0.4) is 0 Å². The van der Waals surface area contributed by atoms with Crippen molar-refractivity contribution in [3.05, 3.63) is 36.3 Å². The van der Waals surface area contributed by atoms with Gasteiger partial charge in [-0.05, 0) is 25.0 Å². The normalized spacial score (nSPS) is 14.6. The Kier molecular flexibility index (Phi) is 6.20. The van der Waals surface area contributed by atoms with E-state index in [-0.39, 0.29) is 5.82 Å². The first-order valence-electron chi connectivity index (χ1n) is 9.42. The number of rotatable bonds is 7. The Bertz CT molecular complexity index is 696. The van der Waals surface area contributed by atoms with Gasteiger partial charge in [0.25, 0.3) is 0 Å². The summed E-state index contributed by atoms with van der Waals surface area (Å²) in [6.07, 6.45) is 3.82. The molecule has 0 amide bonds. The molecule has 3 rings (SSSR count). The van der Waals surface area contributed by atoms with Crippen molar-refractivity contribution in [1.82, 2.24) is 15.2 Å². The van der Waals surface area contributed by atoms with E-state index in [1.165, 1.54) is 6.07 Å². The molecule has 1 aliphatic heterocycles. The predicted octanol–water partition coefficient (Wildman–Crippen LogP) is 2.96. The molecular weight excluding hydrogens is 331 g/mol. The molecule has 1 aromatic heterocycles. The van der Waals surface area contributed by atoms with E-state index in [0.29, 0.717) is 11.6 Å². The monoisotopic (exact) mass is 358 g/mol. The van der Waals surface area contributed by atoms with E-state index in [1.54, 1.807) is 12.3 Å². The molecule has 1 aromatic carbocycles. The summed E-state index contributed by atoms with van der Waals surface area (Å²) in [6, 6.07) is 6.95. The molecular formula is C19H27FN6. The molecule has 0 aliphatic carbocycles. The van der Waals surface area contributed by atoms with Crippen LogP contribution in [0.1, 0.15) is 26.7 Å². The van der Waals surface area contributed by atoms with E-state index in [4.69, 9.17) is 4.98 Å². The summed E-state index contributed by atoms with van der Waals surface area (Å²) < 4.78 is 14.0. The molecule has 1 saturated heterocycles. The molecule has 0 atom stereocenters. The van der Waals surface area contributed by atoms with Crippen LogP contribution in [0.2, 0.25) is 0 Å². The van der Waals surface area contributed by atoms with E-state index >= 15 is 0 Å². The van der Waals surface area contributed by atoms with E-state index in [9.17, 15) is 4.39 Å². The highest BCUT2D eigenvalue weighted by atomic mass is 19.1. The molecule has 0 saturated carbocycles. The van der Waals surface area contributed by atoms with Gasteiger partial charge in [-0.15, -0.1) is 5.10 Å². The van der Waals surface area contributed by atoms with Crippen LogP contribution >= 0.6 is 0 Å². The fourth-order valence-electron chi connectivity index (χ4n) is 3.31. The Labute approximate surface area is 154 Å². The second kappa shape index (κ2) is 8.78. The lowest BCUT2D eigenvalue weighted by atomic mass is 10.2. The SMILES string of the molecule is CCCN(CCC)c1nncc(N2CCN(c3ccccc3F)CC2)n1. The first-order chi connectivity index (χ1) is 12.7. The molecule has 7 heteroatoms. The average molecular weight is 358 g/mol. The van der Waals surface area contributed by atoms with Crippen LogP contribution in [0.25, 0.3) is 0 Å². The number of halogens is 1. The van der Waals surface area contributed by atoms with Gasteiger partial charge in [-0.25, -0.2) is 4.39 Å². The third-order valence-electron chi connectivity index (χ3n) is 4.60. The Hall–Kier alpha value is -2.44. The van der Waals surface area contributed by atoms with Gasteiger partial charge < -0.3 is 14.7 Å². The Balaban J connectivity index is 1.68. The lowest BCUT2D eigenvalue weighted by Crippen LogP contribution is -2.47. The van der Waals surface area contributed by atoms with Crippen LogP contribution in [0.5, 0.6) is 0 Å². The summed E-state index contributed by atoms with van der Waals surface area (Å²) >= 11 is 0. The largest absolute Gasteiger partial charge is 0.366 e. The van der Waals surface area contributed by atoms with Crippen molar-refractivity contribution in [2.75, 3.05) is 54.0 Å². The van der Waals surface area contributed by atoms with Crippen LogP contribution in [-0.4, -0.2) is 54.4 Å². The fraction of sp³-hybridized carbons (Fsp3) is 0.526. The van der Waals surface area contributed by atoms with E-state index < -0.39 is 0 Å². The zero-order valence-electron chi connectivity index (χ0n) is 15.6. The summed E-state index contributed by atoms with van der Waals surface area (Å²) in [6.45, 7) is 9.26. The van der Waals surface area contributed by atoms with Crippen molar-refractivity contribution in [1.29, 1.82) is 0 Å². The number of para-hydroxylation sites is 1. The third kappa shape index (κ3) is 4.20. The summed E-state index contributed by atoms with van der Waals surface area (Å²) in [5.41, 5.74) is 0.672. The van der Waals surface area contributed by atoms with Gasteiger partial charge in [0, 0.05) is 39.3 Å². The van der Waals surface area contributed by atoms with Crippen LogP contribution in [0, 0.1) is 5.82 Å². The Morgan fingerprint density at radius 1 is 1.00 bits per heavy atom. The van der Waals surface area contributed by atoms with Gasteiger partial charge in [0.05, 0.1) is 11.9 Å². The van der Waals surface area contributed by atoms with E-state index in [2.05, 4.69) is 38.7 Å². The van der Waals surface area contributed by atoms with Crippen molar-refractivity contribution < 1.29 is 4.39 Å². The summed E-state index contributed by atoms with van der Waals surface area (Å²) in [5, 5.41) is 8.39. The van der Waals surface area contributed by atoms with Crippen LogP contribution in [0.4, 0.5) is 21.8 Å². The summed E-state index contributed by atoms with van der Waals surface area (Å²) in [5.74, 6) is 1.38. The van der Waals surface area contributed by atoms with Gasteiger partial charge in [0.1, 0.15) is 5.82 Å². The van der Waals surface area contributed by atoms with Gasteiger partial charge in [-0.3, -0.25) is 0 Å². The first-order valence-corrected chi connectivity index (χ1v) is 9.42. The van der Waals surface area contributed by atoms with Crippen molar-refractivity contribution >= 4 is 17.5 Å². The smallest absolute Gasteiger partial charge is 0.247 e. The Morgan fingerprint density at radius 3 is 2.31 bits per heavy atom. The number of hydrogen-bond acceptors (Lipinski definition) is 6. The molecule has 1 aliphatic rings. The number of nitrogens with zero attached hydrogens (tertiary/aromatic N) is 6. The van der Waals surface area contributed by atoms with Gasteiger partial charge in [-0.1, -0.05) is 26.0 Å². The highest BCUT2D eigenvalue weighted by Gasteiger charge is 2.21. The topological polar surface area (TPSA) is 48.4 Å². The molecule has 0 N–H and O–H groups in total. The number of piperazine rings is 1. The maximum absolute atomic E-state index is 14.0. The van der Waals surface area contributed by atoms with Gasteiger partial charge in [0.15, 0.2) is 5.82 Å². The molecule has 2 heterocycles. The quantitative estimate of drug-likeness (QED) is 0.758. The number of benzene rings is 1. The standard InChI is InChI=1S/C19H27FN6/c1-3-9-26(10-4-2)19-22-18(15-21-23-19)25-13-11-24(12-14-25)17-8-6-5-7-16(17)20/h5-8,15H,3-4,9-14H2,1-2H3. The minimum Gasteiger partial charge on any atom is -0.366 e. The van der Waals surface area contributed by atoms with Crippen LogP contribution in [-0.2, 0) is 0 Å². The molecule has 0 unspecified atom stereocenters. The van der Waals surface area contributed by atoms with Crippen molar-refractivity contribution in [3.63, 3.8) is 0 Å². The molecule has 1 fully saturated rings. The Morgan fingerprint density at radius 2 is 1.65 bits per heavy atom. The maximum Gasteiger partial charge on any atom is 0.247 e. The highest BCUT2D eigenvalue weighted by Crippen LogP contribution is 2.22. The maximum atomic E-state index is 14.0. The molecule has 140 valence electrons. The van der Waals surface area contributed by atoms with Gasteiger partial charge >= 0.3 is 0 Å². The lowest BCUT2D eigenvalue weighted by Gasteiger charge is -2.36. The molecule has 0 bridgehead atoms. The summed E-state index contributed by atoms with van der Waals surface area (Å²) in [7, 11) is 0. The zero-order chi connectivity index (χ0) is 18.4. The second-order valence-corrected chi connectivity index (χ2v) is 6.53. The van der Waals surface area contributed by atoms with Gasteiger partial charge in [-0.2, -0.15) is 10.1 Å². The molecule has 0 spiro atoms. The minimum absolute atomic E-state index is 0.165. The third-order valence-corrected chi connectivity index (χ3v) is 4.60. The zero-order valence-corrected chi connectivity index (χ0v) is 15.6. The predicted molar refractivity (Wildman–Crippen MR) is 103 cm³/mol. The first kappa shape index (κ1) is 18.4. The van der Waals surface area contributed by atoms with Crippen LogP contribution in [0.15, 0.2) is 30.5 Å². The number of aromatic nitrogens is 3. The fourth-order valence-corrected chi connectivity index (χ4v) is 3.31. The summed E-state index contributed by atoms with van der Waals surface area (Å²) in [4.78, 5) is 11.2. The van der Waals surface area contributed by atoms with Gasteiger partial charge in [0.2, 0.25) is 5.95 Å². The minimum atomic E-state index is -0.165. The molecule has 6 nitrogen and oxygen atoms in total.